The second-order valence-corrected chi connectivity index (χ2v) is 4.21. The molecule has 0 unspecified atom stereocenters. The van der Waals surface area contributed by atoms with Crippen LogP contribution < -0.4 is 15.8 Å². The third-order valence-electron chi connectivity index (χ3n) is 2.61. The van der Waals surface area contributed by atoms with Crippen LogP contribution in [0.1, 0.15) is 10.4 Å². The Bertz CT molecular complexity index is 656. The molecule has 5 nitrogen and oxygen atoms in total. The molecule has 6 heteroatoms. The van der Waals surface area contributed by atoms with Crippen molar-refractivity contribution in [3.63, 3.8) is 0 Å². The minimum Gasteiger partial charge on any atom is -0.484 e. The van der Waals surface area contributed by atoms with E-state index in [0.717, 1.165) is 0 Å². The normalized spacial score (nSPS) is 9.95. The number of nitrogens with two attached hydrogens (primary N) is 1. The lowest BCUT2D eigenvalue weighted by molar-refractivity contribution is -0.119. The van der Waals surface area contributed by atoms with E-state index in [0.29, 0.717) is 11.4 Å². The summed E-state index contributed by atoms with van der Waals surface area (Å²) >= 11 is 0. The molecule has 0 aliphatic carbocycles. The second-order valence-electron chi connectivity index (χ2n) is 4.21. The number of primary amides is 1. The van der Waals surface area contributed by atoms with Gasteiger partial charge in [-0.1, -0.05) is 12.1 Å². The van der Waals surface area contributed by atoms with Gasteiger partial charge in [-0.25, -0.2) is 4.39 Å². The lowest BCUT2D eigenvalue weighted by atomic mass is 10.2. The summed E-state index contributed by atoms with van der Waals surface area (Å²) in [7, 11) is 0. The minimum atomic E-state index is -0.587. The fraction of sp³-hybridized carbons (Fsp3) is 0.0667. The highest BCUT2D eigenvalue weighted by atomic mass is 19.1. The summed E-state index contributed by atoms with van der Waals surface area (Å²) in [4.78, 5) is 22.5. The van der Waals surface area contributed by atoms with E-state index in [9.17, 15) is 14.0 Å². The molecule has 3 N–H and O–H groups in total. The fourth-order valence-corrected chi connectivity index (χ4v) is 1.63. The molecule has 0 radical (unpaired) electrons. The topological polar surface area (TPSA) is 81.4 Å². The van der Waals surface area contributed by atoms with Gasteiger partial charge in [0.15, 0.2) is 6.61 Å². The van der Waals surface area contributed by atoms with E-state index in [4.69, 9.17) is 10.5 Å². The van der Waals surface area contributed by atoms with E-state index in [1.165, 1.54) is 18.2 Å². The zero-order chi connectivity index (χ0) is 15.2. The number of ether oxygens (including phenoxy) is 1. The molecular weight excluding hydrogens is 275 g/mol. The molecule has 0 heterocycles. The van der Waals surface area contributed by atoms with Gasteiger partial charge in [0.1, 0.15) is 11.6 Å². The van der Waals surface area contributed by atoms with Crippen LogP contribution in [-0.4, -0.2) is 18.4 Å². The van der Waals surface area contributed by atoms with Gasteiger partial charge in [-0.05, 0) is 36.4 Å². The quantitative estimate of drug-likeness (QED) is 0.882. The Labute approximate surface area is 120 Å². The standard InChI is InChI=1S/C15H13FN2O3/c16-13-4-2-1-3-12(13)15(20)18-10-5-7-11(8-6-10)21-9-14(17)19/h1-8H,9H2,(H2,17,19)(H,18,20). The number of hydrogen-bond donors (Lipinski definition) is 2. The van der Waals surface area contributed by atoms with Crippen LogP contribution in [0, 0.1) is 5.82 Å². The summed E-state index contributed by atoms with van der Waals surface area (Å²) in [6.45, 7) is -0.221. The molecule has 0 aliphatic heterocycles. The molecule has 0 atom stereocenters. The molecule has 0 aromatic heterocycles. The highest BCUT2D eigenvalue weighted by molar-refractivity contribution is 6.04. The molecule has 108 valence electrons. The Morgan fingerprint density at radius 2 is 1.76 bits per heavy atom. The summed E-state index contributed by atoms with van der Waals surface area (Å²) in [5, 5.41) is 2.57. The molecular formula is C15H13FN2O3. The predicted octanol–water partition coefficient (Wildman–Crippen LogP) is 1.94. The average molecular weight is 288 g/mol. The molecule has 2 rings (SSSR count). The maximum Gasteiger partial charge on any atom is 0.258 e. The molecule has 2 amide bonds. The van der Waals surface area contributed by atoms with E-state index in [2.05, 4.69) is 5.32 Å². The van der Waals surface area contributed by atoms with Gasteiger partial charge >= 0.3 is 0 Å². The summed E-state index contributed by atoms with van der Waals surface area (Å²) in [6.07, 6.45) is 0. The number of anilines is 1. The molecule has 0 spiro atoms. The van der Waals surface area contributed by atoms with Crippen molar-refractivity contribution in [2.75, 3.05) is 11.9 Å². The van der Waals surface area contributed by atoms with Crippen LogP contribution in [0.15, 0.2) is 48.5 Å². The average Bonchev–Trinajstić information content (AvgIpc) is 2.47. The van der Waals surface area contributed by atoms with Crippen LogP contribution in [0.5, 0.6) is 5.75 Å². The zero-order valence-electron chi connectivity index (χ0n) is 11.0. The predicted molar refractivity (Wildman–Crippen MR) is 75.5 cm³/mol. The summed E-state index contributed by atoms with van der Waals surface area (Å²) in [6, 6.07) is 12.0. The smallest absolute Gasteiger partial charge is 0.258 e. The largest absolute Gasteiger partial charge is 0.484 e. The number of halogens is 1. The summed E-state index contributed by atoms with van der Waals surface area (Å²) in [5.41, 5.74) is 5.40. The highest BCUT2D eigenvalue weighted by Gasteiger charge is 2.10. The van der Waals surface area contributed by atoms with Crippen molar-refractivity contribution in [3.8, 4) is 5.75 Å². The van der Waals surface area contributed by atoms with Gasteiger partial charge in [0.05, 0.1) is 5.56 Å². The summed E-state index contributed by atoms with van der Waals surface area (Å²) in [5.74, 6) is -1.26. The first kappa shape index (κ1) is 14.5. The van der Waals surface area contributed by atoms with Gasteiger partial charge in [0.2, 0.25) is 0 Å². The maximum atomic E-state index is 13.5. The lowest BCUT2D eigenvalue weighted by Gasteiger charge is -2.07. The van der Waals surface area contributed by atoms with E-state index < -0.39 is 17.6 Å². The van der Waals surface area contributed by atoms with Crippen LogP contribution in [0.3, 0.4) is 0 Å². The fourth-order valence-electron chi connectivity index (χ4n) is 1.63. The number of hydrogen-bond acceptors (Lipinski definition) is 3. The molecule has 0 aliphatic rings. The van der Waals surface area contributed by atoms with Gasteiger partial charge in [-0.3, -0.25) is 9.59 Å². The third kappa shape index (κ3) is 4.04. The minimum absolute atomic E-state index is 0.0356. The first-order valence-electron chi connectivity index (χ1n) is 6.13. The van der Waals surface area contributed by atoms with Gasteiger partial charge in [-0.15, -0.1) is 0 Å². The van der Waals surface area contributed by atoms with Crippen LogP contribution in [0.25, 0.3) is 0 Å². The van der Waals surface area contributed by atoms with Crippen molar-refractivity contribution >= 4 is 17.5 Å². The van der Waals surface area contributed by atoms with E-state index in [1.54, 1.807) is 30.3 Å². The first-order chi connectivity index (χ1) is 10.1. The molecule has 2 aromatic rings. The highest BCUT2D eigenvalue weighted by Crippen LogP contribution is 2.17. The maximum absolute atomic E-state index is 13.5. The van der Waals surface area contributed by atoms with Crippen molar-refractivity contribution in [3.05, 3.63) is 59.9 Å². The van der Waals surface area contributed by atoms with Crippen LogP contribution in [0.2, 0.25) is 0 Å². The zero-order valence-corrected chi connectivity index (χ0v) is 11.0. The Morgan fingerprint density at radius 3 is 2.38 bits per heavy atom. The van der Waals surface area contributed by atoms with Crippen molar-refractivity contribution in [2.24, 2.45) is 5.73 Å². The van der Waals surface area contributed by atoms with Crippen molar-refractivity contribution < 1.29 is 18.7 Å². The Kier molecular flexibility index (Phi) is 4.50. The Morgan fingerprint density at radius 1 is 1.10 bits per heavy atom. The van der Waals surface area contributed by atoms with Gasteiger partial charge < -0.3 is 15.8 Å². The van der Waals surface area contributed by atoms with Crippen molar-refractivity contribution in [2.45, 2.75) is 0 Å². The number of amides is 2. The SMILES string of the molecule is NC(=O)COc1ccc(NC(=O)c2ccccc2F)cc1. The van der Waals surface area contributed by atoms with Crippen LogP contribution in [-0.2, 0) is 4.79 Å². The number of nitrogens with one attached hydrogen (secondary N) is 1. The molecule has 2 aromatic carbocycles. The van der Waals surface area contributed by atoms with Gasteiger partial charge in [-0.2, -0.15) is 0 Å². The molecule has 0 saturated heterocycles. The van der Waals surface area contributed by atoms with Crippen molar-refractivity contribution in [1.82, 2.24) is 0 Å². The Balaban J connectivity index is 2.02. The molecule has 0 saturated carbocycles. The Hall–Kier alpha value is -2.89. The second kappa shape index (κ2) is 6.51. The molecule has 21 heavy (non-hydrogen) atoms. The molecule has 0 fully saturated rings. The number of benzene rings is 2. The van der Waals surface area contributed by atoms with E-state index in [-0.39, 0.29) is 12.2 Å². The van der Waals surface area contributed by atoms with E-state index >= 15 is 0 Å². The number of carbonyl (C=O) groups excluding carboxylic acids is 2. The van der Waals surface area contributed by atoms with Crippen LogP contribution >= 0.6 is 0 Å². The van der Waals surface area contributed by atoms with Crippen molar-refractivity contribution in [1.29, 1.82) is 0 Å². The number of carbonyl (C=O) groups is 2. The monoisotopic (exact) mass is 288 g/mol. The van der Waals surface area contributed by atoms with E-state index in [1.807, 2.05) is 0 Å². The number of rotatable bonds is 5. The lowest BCUT2D eigenvalue weighted by Crippen LogP contribution is -2.20. The summed E-state index contributed by atoms with van der Waals surface area (Å²) < 4.78 is 18.5. The first-order valence-corrected chi connectivity index (χ1v) is 6.13. The third-order valence-corrected chi connectivity index (χ3v) is 2.61. The van der Waals surface area contributed by atoms with Crippen LogP contribution in [0.4, 0.5) is 10.1 Å². The van der Waals surface area contributed by atoms with Gasteiger partial charge in [0, 0.05) is 5.69 Å². The van der Waals surface area contributed by atoms with Gasteiger partial charge in [0.25, 0.3) is 11.8 Å². The molecule has 0 bridgehead atoms.